The van der Waals surface area contributed by atoms with Crippen LogP contribution in [0.2, 0.25) is 5.02 Å². The Morgan fingerprint density at radius 1 is 1.26 bits per heavy atom. The number of guanidine groups is 1. The van der Waals surface area contributed by atoms with Gasteiger partial charge in [-0.25, -0.2) is 0 Å². The third-order valence-corrected chi connectivity index (χ3v) is 5.55. The van der Waals surface area contributed by atoms with Gasteiger partial charge in [-0.3, -0.25) is 14.6 Å². The van der Waals surface area contributed by atoms with Crippen molar-refractivity contribution in [2.24, 2.45) is 12.0 Å². The molecule has 0 radical (unpaired) electrons. The first-order valence-electron chi connectivity index (χ1n) is 10.7. The molecule has 1 aliphatic rings. The molecule has 1 saturated heterocycles. The van der Waals surface area contributed by atoms with Gasteiger partial charge in [0.2, 0.25) is 0 Å². The van der Waals surface area contributed by atoms with Crippen LogP contribution in [0.1, 0.15) is 18.9 Å². The maximum atomic E-state index is 6.13. The van der Waals surface area contributed by atoms with E-state index in [9.17, 15) is 0 Å². The number of aryl methyl sites for hydroxylation is 1. The van der Waals surface area contributed by atoms with Crippen LogP contribution in [-0.4, -0.2) is 78.4 Å². The van der Waals surface area contributed by atoms with Crippen LogP contribution in [0.15, 0.2) is 41.7 Å². The zero-order chi connectivity index (χ0) is 21.3. The van der Waals surface area contributed by atoms with E-state index in [4.69, 9.17) is 16.6 Å². The lowest BCUT2D eigenvalue weighted by Gasteiger charge is -2.36. The molecule has 1 aromatic heterocycles. The highest BCUT2D eigenvalue weighted by molar-refractivity contribution is 14.0. The maximum Gasteiger partial charge on any atom is 0.193 e. The summed E-state index contributed by atoms with van der Waals surface area (Å²) in [6.45, 7) is 9.92. The highest BCUT2D eigenvalue weighted by Gasteiger charge is 2.17. The summed E-state index contributed by atoms with van der Waals surface area (Å²) in [6, 6.07) is 8.14. The maximum absolute atomic E-state index is 6.13. The van der Waals surface area contributed by atoms with Crippen LogP contribution >= 0.6 is 35.6 Å². The monoisotopic (exact) mass is 559 g/mol. The van der Waals surface area contributed by atoms with Gasteiger partial charge in [0.15, 0.2) is 5.96 Å². The average molecular weight is 560 g/mol. The molecule has 0 saturated carbocycles. The van der Waals surface area contributed by atoms with Crippen molar-refractivity contribution in [2.75, 3.05) is 57.8 Å². The second-order valence-corrected chi connectivity index (χ2v) is 8.21. The molecule has 0 unspecified atom stereocenters. The molecule has 31 heavy (non-hydrogen) atoms. The van der Waals surface area contributed by atoms with E-state index >= 15 is 0 Å². The van der Waals surface area contributed by atoms with Crippen molar-refractivity contribution in [1.82, 2.24) is 24.9 Å². The Bertz CT molecular complexity index is 818. The van der Waals surface area contributed by atoms with Gasteiger partial charge in [0, 0.05) is 88.9 Å². The van der Waals surface area contributed by atoms with E-state index in [-0.39, 0.29) is 24.0 Å². The second-order valence-electron chi connectivity index (χ2n) is 7.78. The lowest BCUT2D eigenvalue weighted by atomic mass is 10.2. The topological polar surface area (TPSA) is 51.9 Å². The van der Waals surface area contributed by atoms with Gasteiger partial charge in [-0.15, -0.1) is 24.0 Å². The zero-order valence-corrected chi connectivity index (χ0v) is 21.9. The van der Waals surface area contributed by atoms with Gasteiger partial charge in [-0.1, -0.05) is 17.7 Å². The molecule has 3 rings (SSSR count). The Hall–Kier alpha value is -1.52. The second kappa shape index (κ2) is 13.1. The van der Waals surface area contributed by atoms with Gasteiger partial charge in [0.25, 0.3) is 0 Å². The van der Waals surface area contributed by atoms with Gasteiger partial charge < -0.3 is 15.1 Å². The molecule has 172 valence electrons. The van der Waals surface area contributed by atoms with Crippen LogP contribution in [0, 0.1) is 0 Å². The molecule has 1 N–H and O–H groups in total. The van der Waals surface area contributed by atoms with E-state index in [1.165, 1.54) is 11.3 Å². The molecule has 9 heteroatoms. The van der Waals surface area contributed by atoms with Crippen molar-refractivity contribution >= 4 is 47.2 Å². The third kappa shape index (κ3) is 8.16. The smallest absolute Gasteiger partial charge is 0.193 e. The molecular formula is C22H35ClIN7. The third-order valence-electron chi connectivity index (χ3n) is 5.31. The Kier molecular flexibility index (Phi) is 10.9. The van der Waals surface area contributed by atoms with Gasteiger partial charge in [-0.2, -0.15) is 5.10 Å². The summed E-state index contributed by atoms with van der Waals surface area (Å²) < 4.78 is 1.83. The minimum atomic E-state index is 0. The van der Waals surface area contributed by atoms with Crippen LogP contribution in [0.25, 0.3) is 0 Å². The fraction of sp³-hybridized carbons (Fsp3) is 0.545. The molecule has 0 amide bonds. The summed E-state index contributed by atoms with van der Waals surface area (Å²) in [6.07, 6.45) is 5.01. The molecular weight excluding hydrogens is 525 g/mol. The number of aromatic nitrogens is 2. The largest absolute Gasteiger partial charge is 0.369 e. The van der Waals surface area contributed by atoms with E-state index in [1.807, 2.05) is 36.3 Å². The van der Waals surface area contributed by atoms with Crippen LogP contribution in [-0.2, 0) is 13.6 Å². The van der Waals surface area contributed by atoms with Crippen LogP contribution in [0.5, 0.6) is 0 Å². The van der Waals surface area contributed by atoms with Crippen molar-refractivity contribution in [3.63, 3.8) is 0 Å². The molecule has 2 aromatic rings. The summed E-state index contributed by atoms with van der Waals surface area (Å²) in [5, 5.41) is 8.44. The number of nitrogens with one attached hydrogen (secondary N) is 1. The highest BCUT2D eigenvalue weighted by Crippen LogP contribution is 2.20. The standard InChI is InChI=1S/C22H34ClN7.HI/c1-4-24-22(27(2)17-19-16-26-28(3)18-19)25-9-6-10-29-11-13-30(14-12-29)21-8-5-7-20(23)15-21;/h5,7-8,15-16,18H,4,6,9-14,17H2,1-3H3,(H,24,25);1H. The van der Waals surface area contributed by atoms with E-state index in [2.05, 4.69) is 51.2 Å². The lowest BCUT2D eigenvalue weighted by Crippen LogP contribution is -2.46. The van der Waals surface area contributed by atoms with E-state index in [0.29, 0.717) is 0 Å². The molecule has 0 atom stereocenters. The minimum absolute atomic E-state index is 0. The summed E-state index contributed by atoms with van der Waals surface area (Å²) in [7, 11) is 4.02. The highest BCUT2D eigenvalue weighted by atomic mass is 127. The summed E-state index contributed by atoms with van der Waals surface area (Å²) >= 11 is 6.13. The van der Waals surface area contributed by atoms with E-state index in [1.54, 1.807) is 0 Å². The van der Waals surface area contributed by atoms with Crippen molar-refractivity contribution < 1.29 is 0 Å². The van der Waals surface area contributed by atoms with E-state index < -0.39 is 0 Å². The van der Waals surface area contributed by atoms with Gasteiger partial charge in [0.1, 0.15) is 0 Å². The fourth-order valence-corrected chi connectivity index (χ4v) is 3.94. The first kappa shape index (κ1) is 25.7. The Morgan fingerprint density at radius 2 is 2.03 bits per heavy atom. The number of piperazine rings is 1. The number of halogens is 2. The number of benzene rings is 1. The van der Waals surface area contributed by atoms with Crippen molar-refractivity contribution in [3.8, 4) is 0 Å². The molecule has 1 fully saturated rings. The molecule has 1 aliphatic heterocycles. The number of anilines is 1. The number of hydrogen-bond donors (Lipinski definition) is 1. The molecule has 0 spiro atoms. The van der Waals surface area contributed by atoms with E-state index in [0.717, 1.165) is 69.8 Å². The number of nitrogens with zero attached hydrogens (tertiary/aromatic N) is 6. The first-order chi connectivity index (χ1) is 14.5. The first-order valence-corrected chi connectivity index (χ1v) is 11.1. The average Bonchev–Trinajstić information content (AvgIpc) is 3.15. The van der Waals surface area contributed by atoms with Crippen molar-refractivity contribution in [2.45, 2.75) is 19.9 Å². The van der Waals surface area contributed by atoms with Crippen LogP contribution in [0.3, 0.4) is 0 Å². The SMILES string of the molecule is CCNC(=NCCCN1CCN(c2cccc(Cl)c2)CC1)N(C)Cc1cnn(C)c1.I. The summed E-state index contributed by atoms with van der Waals surface area (Å²) in [4.78, 5) is 11.9. The predicted octanol–water partition coefficient (Wildman–Crippen LogP) is 3.30. The zero-order valence-electron chi connectivity index (χ0n) is 18.8. The normalized spacial score (nSPS) is 15.0. The van der Waals surface area contributed by atoms with Crippen LogP contribution in [0.4, 0.5) is 5.69 Å². The summed E-state index contributed by atoms with van der Waals surface area (Å²) in [5.41, 5.74) is 2.40. The fourth-order valence-electron chi connectivity index (χ4n) is 3.75. The quantitative estimate of drug-likeness (QED) is 0.233. The van der Waals surface area contributed by atoms with Crippen molar-refractivity contribution in [3.05, 3.63) is 47.2 Å². The minimum Gasteiger partial charge on any atom is -0.369 e. The van der Waals surface area contributed by atoms with Gasteiger partial charge in [0.05, 0.1) is 6.20 Å². The van der Waals surface area contributed by atoms with Crippen molar-refractivity contribution in [1.29, 1.82) is 0 Å². The Morgan fingerprint density at radius 3 is 2.68 bits per heavy atom. The van der Waals surface area contributed by atoms with Gasteiger partial charge in [-0.05, 0) is 31.5 Å². The predicted molar refractivity (Wildman–Crippen MR) is 141 cm³/mol. The molecule has 1 aromatic carbocycles. The summed E-state index contributed by atoms with van der Waals surface area (Å²) in [5.74, 6) is 0.951. The van der Waals surface area contributed by atoms with Crippen LogP contribution < -0.4 is 10.2 Å². The number of aliphatic imine (C=N–C) groups is 1. The molecule has 0 aliphatic carbocycles. The molecule has 2 heterocycles. The van der Waals surface area contributed by atoms with Gasteiger partial charge >= 0.3 is 0 Å². The number of hydrogen-bond acceptors (Lipinski definition) is 4. The Labute approximate surface area is 208 Å². The Balaban J connectivity index is 0.00000341. The molecule has 7 nitrogen and oxygen atoms in total. The lowest BCUT2D eigenvalue weighted by molar-refractivity contribution is 0.256. The number of rotatable bonds is 8. The molecule has 0 bridgehead atoms.